The van der Waals surface area contributed by atoms with Crippen molar-refractivity contribution in [2.45, 2.75) is 11.3 Å². The first-order valence-electron chi connectivity index (χ1n) is 5.96. The molecule has 2 aromatic rings. The fraction of sp³-hybridized carbons (Fsp3) is 0.0714. The van der Waals surface area contributed by atoms with Crippen molar-refractivity contribution in [3.8, 4) is 6.07 Å². The molecule has 2 rings (SSSR count). The van der Waals surface area contributed by atoms with Crippen molar-refractivity contribution in [1.29, 1.82) is 5.26 Å². The van der Waals surface area contributed by atoms with Gasteiger partial charge in [0.05, 0.1) is 23.1 Å². The van der Waals surface area contributed by atoms with Crippen LogP contribution in [-0.4, -0.2) is 8.42 Å². The molecule has 0 saturated carbocycles. The van der Waals surface area contributed by atoms with Gasteiger partial charge in [-0.1, -0.05) is 12.1 Å². The van der Waals surface area contributed by atoms with Crippen LogP contribution in [0.15, 0.2) is 47.4 Å². The topological polar surface area (TPSA) is 96.0 Å². The zero-order chi connectivity index (χ0) is 15.5. The second-order valence-electron chi connectivity index (χ2n) is 4.32. The lowest BCUT2D eigenvalue weighted by atomic mass is 10.1. The zero-order valence-corrected chi connectivity index (χ0v) is 11.7. The summed E-state index contributed by atoms with van der Waals surface area (Å²) in [6.07, 6.45) is 0.246. The van der Waals surface area contributed by atoms with Crippen molar-refractivity contribution in [2.75, 3.05) is 10.5 Å². The summed E-state index contributed by atoms with van der Waals surface area (Å²) in [7, 11) is -3.89. The minimum absolute atomic E-state index is 0.116. The average molecular weight is 305 g/mol. The summed E-state index contributed by atoms with van der Waals surface area (Å²) in [5.41, 5.74) is 6.30. The second-order valence-corrected chi connectivity index (χ2v) is 6.00. The Morgan fingerprint density at radius 2 is 1.86 bits per heavy atom. The summed E-state index contributed by atoms with van der Waals surface area (Å²) >= 11 is 0. The number of nitriles is 1. The highest BCUT2D eigenvalue weighted by Gasteiger charge is 2.15. The van der Waals surface area contributed by atoms with Gasteiger partial charge in [0, 0.05) is 5.69 Å². The molecule has 0 amide bonds. The summed E-state index contributed by atoms with van der Waals surface area (Å²) in [5.74, 6) is -0.790. The molecule has 2 aromatic carbocycles. The van der Waals surface area contributed by atoms with Crippen LogP contribution in [0, 0.1) is 17.1 Å². The largest absolute Gasteiger partial charge is 0.396 e. The normalized spacial score (nSPS) is 10.9. The van der Waals surface area contributed by atoms with E-state index in [1.165, 1.54) is 24.3 Å². The van der Waals surface area contributed by atoms with Gasteiger partial charge in [-0.25, -0.2) is 12.8 Å². The van der Waals surface area contributed by atoms with Crippen LogP contribution in [-0.2, 0) is 16.4 Å². The van der Waals surface area contributed by atoms with Crippen molar-refractivity contribution in [1.82, 2.24) is 0 Å². The standard InChI is InChI=1S/C14H12FN3O2S/c15-13-9-12(5-6-14(13)17)21(19,20)18-11-3-1-10(2-4-11)7-8-16/h1-6,9,18H,7,17H2. The molecule has 0 spiro atoms. The molecule has 0 aliphatic rings. The number of nitrogens with one attached hydrogen (secondary N) is 1. The van der Waals surface area contributed by atoms with E-state index in [1.54, 1.807) is 12.1 Å². The monoisotopic (exact) mass is 305 g/mol. The summed E-state index contributed by atoms with van der Waals surface area (Å²) < 4.78 is 39.9. The average Bonchev–Trinajstić information content (AvgIpc) is 2.44. The predicted molar refractivity (Wildman–Crippen MR) is 77.4 cm³/mol. The summed E-state index contributed by atoms with van der Waals surface area (Å²) in [4.78, 5) is -0.213. The Kier molecular flexibility index (Phi) is 4.10. The number of rotatable bonds is 4. The molecule has 5 nitrogen and oxygen atoms in total. The van der Waals surface area contributed by atoms with Gasteiger partial charge in [0.25, 0.3) is 10.0 Å². The molecular weight excluding hydrogens is 293 g/mol. The molecular formula is C14H12FN3O2S. The van der Waals surface area contributed by atoms with Gasteiger partial charge in [-0.05, 0) is 35.9 Å². The van der Waals surface area contributed by atoms with Crippen LogP contribution in [0.1, 0.15) is 5.56 Å². The Labute approximate surface area is 121 Å². The van der Waals surface area contributed by atoms with Gasteiger partial charge in [-0.15, -0.1) is 0 Å². The highest BCUT2D eigenvalue weighted by molar-refractivity contribution is 7.92. The first-order chi connectivity index (χ1) is 9.92. The third-order valence-corrected chi connectivity index (χ3v) is 4.15. The number of hydrogen-bond acceptors (Lipinski definition) is 4. The molecule has 7 heteroatoms. The second kappa shape index (κ2) is 5.81. The smallest absolute Gasteiger partial charge is 0.261 e. The minimum atomic E-state index is -3.89. The van der Waals surface area contributed by atoms with Crippen molar-refractivity contribution in [3.63, 3.8) is 0 Å². The van der Waals surface area contributed by atoms with E-state index in [2.05, 4.69) is 4.72 Å². The van der Waals surface area contributed by atoms with Crippen LogP contribution >= 0.6 is 0 Å². The lowest BCUT2D eigenvalue weighted by molar-refractivity contribution is 0.596. The van der Waals surface area contributed by atoms with Gasteiger partial charge in [-0.3, -0.25) is 4.72 Å². The van der Waals surface area contributed by atoms with Gasteiger partial charge in [0.2, 0.25) is 0 Å². The van der Waals surface area contributed by atoms with E-state index in [0.717, 1.165) is 11.6 Å². The molecule has 3 N–H and O–H groups in total. The van der Waals surface area contributed by atoms with Crippen molar-refractivity contribution < 1.29 is 12.8 Å². The molecule has 0 fully saturated rings. The highest BCUT2D eigenvalue weighted by Crippen LogP contribution is 2.20. The number of nitrogen functional groups attached to an aromatic ring is 1. The van der Waals surface area contributed by atoms with Crippen molar-refractivity contribution >= 4 is 21.4 Å². The lowest BCUT2D eigenvalue weighted by Gasteiger charge is -2.09. The van der Waals surface area contributed by atoms with E-state index in [4.69, 9.17) is 11.0 Å². The van der Waals surface area contributed by atoms with Gasteiger partial charge < -0.3 is 5.73 Å². The van der Waals surface area contributed by atoms with Gasteiger partial charge in [0.1, 0.15) is 5.82 Å². The van der Waals surface area contributed by atoms with E-state index >= 15 is 0 Å². The first-order valence-corrected chi connectivity index (χ1v) is 7.44. The fourth-order valence-corrected chi connectivity index (χ4v) is 2.74. The molecule has 0 atom stereocenters. The van der Waals surface area contributed by atoms with Crippen LogP contribution in [0.2, 0.25) is 0 Å². The number of hydrogen-bond donors (Lipinski definition) is 2. The number of benzene rings is 2. The molecule has 0 aromatic heterocycles. The maximum Gasteiger partial charge on any atom is 0.261 e. The summed E-state index contributed by atoms with van der Waals surface area (Å²) in [5, 5.41) is 8.57. The van der Waals surface area contributed by atoms with Crippen LogP contribution in [0.5, 0.6) is 0 Å². The van der Waals surface area contributed by atoms with Gasteiger partial charge in [-0.2, -0.15) is 5.26 Å². The third kappa shape index (κ3) is 3.49. The molecule has 0 radical (unpaired) electrons. The van der Waals surface area contributed by atoms with Crippen LogP contribution in [0.25, 0.3) is 0 Å². The maximum atomic E-state index is 13.3. The zero-order valence-electron chi connectivity index (χ0n) is 10.9. The fourth-order valence-electron chi connectivity index (χ4n) is 1.67. The van der Waals surface area contributed by atoms with E-state index in [0.29, 0.717) is 5.69 Å². The molecule has 21 heavy (non-hydrogen) atoms. The van der Waals surface area contributed by atoms with E-state index in [9.17, 15) is 12.8 Å². The van der Waals surface area contributed by atoms with E-state index in [-0.39, 0.29) is 17.0 Å². The molecule has 0 heterocycles. The van der Waals surface area contributed by atoms with Gasteiger partial charge in [0.15, 0.2) is 0 Å². The number of nitrogens with zero attached hydrogens (tertiary/aromatic N) is 1. The number of nitrogens with two attached hydrogens (primary N) is 1. The lowest BCUT2D eigenvalue weighted by Crippen LogP contribution is -2.13. The number of anilines is 2. The first kappa shape index (κ1) is 14.8. The third-order valence-electron chi connectivity index (χ3n) is 2.77. The molecule has 108 valence electrons. The van der Waals surface area contributed by atoms with Crippen molar-refractivity contribution in [3.05, 3.63) is 53.8 Å². The van der Waals surface area contributed by atoms with Crippen LogP contribution in [0.3, 0.4) is 0 Å². The van der Waals surface area contributed by atoms with Crippen molar-refractivity contribution in [2.24, 2.45) is 0 Å². The Bertz CT molecular complexity index is 796. The number of sulfonamides is 1. The highest BCUT2D eigenvalue weighted by atomic mass is 32.2. The van der Waals surface area contributed by atoms with Gasteiger partial charge >= 0.3 is 0 Å². The Morgan fingerprint density at radius 3 is 2.43 bits per heavy atom. The predicted octanol–water partition coefficient (Wildman–Crippen LogP) is 2.27. The molecule has 0 saturated heterocycles. The Hall–Kier alpha value is -2.59. The van der Waals surface area contributed by atoms with Crippen LogP contribution < -0.4 is 10.5 Å². The Balaban J connectivity index is 2.24. The number of halogens is 1. The summed E-state index contributed by atoms with van der Waals surface area (Å²) in [6.45, 7) is 0. The molecule has 0 bridgehead atoms. The summed E-state index contributed by atoms with van der Waals surface area (Å²) in [6, 6.07) is 11.6. The quantitative estimate of drug-likeness (QED) is 0.847. The molecule has 0 unspecified atom stereocenters. The SMILES string of the molecule is N#CCc1ccc(NS(=O)(=O)c2ccc(N)c(F)c2)cc1. The molecule has 0 aliphatic heterocycles. The van der Waals surface area contributed by atoms with Crippen LogP contribution in [0.4, 0.5) is 15.8 Å². The van der Waals surface area contributed by atoms with E-state index in [1.807, 2.05) is 6.07 Å². The molecule has 0 aliphatic carbocycles. The minimum Gasteiger partial charge on any atom is -0.396 e. The maximum absolute atomic E-state index is 13.3. The van der Waals surface area contributed by atoms with E-state index < -0.39 is 15.8 Å². The Morgan fingerprint density at radius 1 is 1.19 bits per heavy atom.